The van der Waals surface area contributed by atoms with Crippen molar-refractivity contribution in [2.75, 3.05) is 11.6 Å². The molecule has 3 aliphatic rings. The lowest BCUT2D eigenvalue weighted by Crippen LogP contribution is -2.63. The molecule has 1 saturated carbocycles. The summed E-state index contributed by atoms with van der Waals surface area (Å²) < 4.78 is 5.95. The molecular formula is C23H25N5O4. The average Bonchev–Trinajstić information content (AvgIpc) is 3.38. The van der Waals surface area contributed by atoms with Crippen LogP contribution in [0.5, 0.6) is 11.6 Å². The van der Waals surface area contributed by atoms with Crippen LogP contribution in [-0.4, -0.2) is 45.4 Å². The first-order valence-electron chi connectivity index (χ1n) is 10.7. The molecule has 0 atom stereocenters. The number of benzene rings is 1. The minimum Gasteiger partial charge on any atom is -0.439 e. The number of carbonyl (C=O) groups excluding carboxylic acids is 3. The van der Waals surface area contributed by atoms with Gasteiger partial charge in [0.05, 0.1) is 31.3 Å². The maximum Gasteiger partial charge on any atom is 0.219 e. The number of aromatic nitrogens is 1. The molecule has 2 aliphatic heterocycles. The number of hydrogen-bond donors (Lipinski definition) is 2. The summed E-state index contributed by atoms with van der Waals surface area (Å²) in [6.07, 6.45) is 1.06. The Balaban J connectivity index is 1.33. The number of rotatable bonds is 4. The molecule has 0 radical (unpaired) electrons. The number of nitrogens with zero attached hydrogens (tertiary/aromatic N) is 3. The highest BCUT2D eigenvalue weighted by atomic mass is 16.5. The number of pyridine rings is 1. The first-order valence-corrected chi connectivity index (χ1v) is 10.7. The summed E-state index contributed by atoms with van der Waals surface area (Å²) in [5.74, 6) is -0.0474. The molecule has 166 valence electrons. The van der Waals surface area contributed by atoms with E-state index in [0.29, 0.717) is 23.4 Å². The molecule has 0 amide bonds. The summed E-state index contributed by atoms with van der Waals surface area (Å²) in [6, 6.07) is 9.99. The summed E-state index contributed by atoms with van der Waals surface area (Å²) in [7, 11) is 0. The lowest BCUT2D eigenvalue weighted by molar-refractivity contribution is -0.141. The van der Waals surface area contributed by atoms with E-state index in [-0.39, 0.29) is 25.2 Å². The van der Waals surface area contributed by atoms with Crippen LogP contribution in [0.15, 0.2) is 36.5 Å². The molecule has 0 bridgehead atoms. The van der Waals surface area contributed by atoms with E-state index in [0.717, 1.165) is 13.1 Å². The summed E-state index contributed by atoms with van der Waals surface area (Å²) in [6.45, 7) is 6.32. The van der Waals surface area contributed by atoms with E-state index < -0.39 is 17.1 Å². The van der Waals surface area contributed by atoms with Crippen molar-refractivity contribution in [2.45, 2.75) is 51.4 Å². The smallest absolute Gasteiger partial charge is 0.219 e. The number of anilines is 1. The van der Waals surface area contributed by atoms with E-state index in [1.54, 1.807) is 18.3 Å². The zero-order valence-corrected chi connectivity index (χ0v) is 18.1. The van der Waals surface area contributed by atoms with Crippen molar-refractivity contribution in [3.8, 4) is 11.6 Å². The minimum absolute atomic E-state index is 0.0960. The van der Waals surface area contributed by atoms with Crippen LogP contribution in [0.4, 0.5) is 5.69 Å². The number of nitrogens with one attached hydrogen (secondary N) is 2. The fourth-order valence-electron chi connectivity index (χ4n) is 4.53. The fourth-order valence-corrected chi connectivity index (χ4v) is 4.53. The molecule has 1 saturated heterocycles. The van der Waals surface area contributed by atoms with Gasteiger partial charge in [-0.1, -0.05) is 6.07 Å². The largest absolute Gasteiger partial charge is 0.439 e. The Morgan fingerprint density at radius 2 is 1.78 bits per heavy atom. The van der Waals surface area contributed by atoms with Crippen LogP contribution in [0.2, 0.25) is 0 Å². The van der Waals surface area contributed by atoms with Gasteiger partial charge in [-0.3, -0.25) is 24.3 Å². The van der Waals surface area contributed by atoms with E-state index in [1.807, 2.05) is 12.1 Å². The Labute approximate surface area is 185 Å². The third-order valence-electron chi connectivity index (χ3n) is 6.41. The number of hydrogen-bond acceptors (Lipinski definition) is 9. The van der Waals surface area contributed by atoms with Gasteiger partial charge in [-0.25, -0.2) is 10.4 Å². The molecule has 3 heterocycles. The molecular weight excluding hydrogens is 410 g/mol. The lowest BCUT2D eigenvalue weighted by atomic mass is 9.78. The number of hydrazine groups is 2. The molecule has 1 spiro atoms. The van der Waals surface area contributed by atoms with Gasteiger partial charge in [-0.15, -0.1) is 0 Å². The summed E-state index contributed by atoms with van der Waals surface area (Å²) in [5.41, 5.74) is 7.39. The van der Waals surface area contributed by atoms with Crippen molar-refractivity contribution in [1.29, 1.82) is 0 Å². The number of carbonyl (C=O) groups is 3. The van der Waals surface area contributed by atoms with Crippen molar-refractivity contribution >= 4 is 23.0 Å². The number of fused-ring (bicyclic) bond motifs is 1. The minimum atomic E-state index is -1.43. The highest BCUT2D eigenvalue weighted by molar-refractivity contribution is 6.28. The zero-order chi connectivity index (χ0) is 22.5. The van der Waals surface area contributed by atoms with Gasteiger partial charge in [0.25, 0.3) is 0 Å². The Morgan fingerprint density at radius 1 is 1.03 bits per heavy atom. The second kappa shape index (κ2) is 7.77. The lowest BCUT2D eigenvalue weighted by Gasteiger charge is -2.36. The molecule has 9 nitrogen and oxygen atoms in total. The predicted octanol–water partition coefficient (Wildman–Crippen LogP) is 1.67. The quantitative estimate of drug-likeness (QED) is 0.694. The Kier molecular flexibility index (Phi) is 5.04. The Morgan fingerprint density at radius 3 is 2.47 bits per heavy atom. The summed E-state index contributed by atoms with van der Waals surface area (Å²) in [4.78, 5) is 43.8. The predicted molar refractivity (Wildman–Crippen MR) is 116 cm³/mol. The molecule has 2 N–H and O–H groups in total. The van der Waals surface area contributed by atoms with Gasteiger partial charge >= 0.3 is 0 Å². The van der Waals surface area contributed by atoms with E-state index in [9.17, 15) is 14.4 Å². The van der Waals surface area contributed by atoms with E-state index >= 15 is 0 Å². The molecule has 2 fully saturated rings. The van der Waals surface area contributed by atoms with Gasteiger partial charge in [0, 0.05) is 25.2 Å². The second-order valence-electron chi connectivity index (χ2n) is 8.79. The Bertz CT molecular complexity index is 1080. The molecule has 1 aromatic carbocycles. The first kappa shape index (κ1) is 20.7. The third-order valence-corrected chi connectivity index (χ3v) is 6.41. The molecule has 9 heteroatoms. The molecule has 32 heavy (non-hydrogen) atoms. The van der Waals surface area contributed by atoms with Crippen LogP contribution in [0.1, 0.15) is 37.8 Å². The van der Waals surface area contributed by atoms with Crippen LogP contribution < -0.4 is 20.7 Å². The van der Waals surface area contributed by atoms with Gasteiger partial charge in [0.2, 0.25) is 5.88 Å². The van der Waals surface area contributed by atoms with Gasteiger partial charge in [-0.2, -0.15) is 5.53 Å². The van der Waals surface area contributed by atoms with Crippen LogP contribution in [0.3, 0.4) is 0 Å². The van der Waals surface area contributed by atoms with E-state index in [1.165, 1.54) is 16.1 Å². The first-order chi connectivity index (χ1) is 15.4. The normalized spacial score (nSPS) is 20.5. The van der Waals surface area contributed by atoms with Gasteiger partial charge < -0.3 is 4.74 Å². The second-order valence-corrected chi connectivity index (χ2v) is 8.79. The van der Waals surface area contributed by atoms with Crippen molar-refractivity contribution in [3.05, 3.63) is 47.7 Å². The van der Waals surface area contributed by atoms with Crippen molar-refractivity contribution in [1.82, 2.24) is 20.8 Å². The topological polar surface area (TPSA) is 104 Å². The maximum atomic E-state index is 12.7. The van der Waals surface area contributed by atoms with Crippen molar-refractivity contribution in [3.63, 3.8) is 0 Å². The Hall–Kier alpha value is -3.14. The zero-order valence-electron chi connectivity index (χ0n) is 18.1. The monoisotopic (exact) mass is 435 g/mol. The number of ether oxygens (including phenoxy) is 1. The molecule has 1 aliphatic carbocycles. The van der Waals surface area contributed by atoms with Crippen molar-refractivity contribution in [2.24, 2.45) is 0 Å². The van der Waals surface area contributed by atoms with Gasteiger partial charge in [-0.05, 0) is 43.2 Å². The van der Waals surface area contributed by atoms with E-state index in [2.05, 4.69) is 40.8 Å². The highest BCUT2D eigenvalue weighted by Crippen LogP contribution is 2.33. The molecule has 5 rings (SSSR count). The van der Waals surface area contributed by atoms with Crippen LogP contribution in [0.25, 0.3) is 0 Å². The standard InChI is InChI=1S/C23H25N5O4/c1-14(2)27-11-15-3-5-19(7-16(15)12-27)32-22-6-4-17(10-24-22)28-23(13-25-26-28)20(30)8-18(29)9-21(23)31/h3-7,10,14,25-26H,8-9,11-13H2,1-2H3. The van der Waals surface area contributed by atoms with Crippen molar-refractivity contribution < 1.29 is 19.1 Å². The van der Waals surface area contributed by atoms with Crippen LogP contribution in [0, 0.1) is 0 Å². The molecule has 0 unspecified atom stereocenters. The SMILES string of the molecule is CC(C)N1Cc2ccc(Oc3ccc(N4NNCC45C(=O)CC(=O)CC5=O)cn3)cc2C1. The fraction of sp³-hybridized carbons (Fsp3) is 0.391. The molecule has 1 aromatic heterocycles. The van der Waals surface area contributed by atoms with Gasteiger partial charge in [0.1, 0.15) is 11.5 Å². The summed E-state index contributed by atoms with van der Waals surface area (Å²) in [5, 5.41) is 1.47. The van der Waals surface area contributed by atoms with Crippen LogP contribution in [-0.2, 0) is 27.5 Å². The molecule has 2 aromatic rings. The van der Waals surface area contributed by atoms with Gasteiger partial charge in [0.15, 0.2) is 17.1 Å². The number of ketones is 3. The highest BCUT2D eigenvalue weighted by Gasteiger charge is 2.56. The number of Topliss-reactive ketones (excluding diaryl/α,β-unsaturated/α-hetero) is 3. The van der Waals surface area contributed by atoms with E-state index in [4.69, 9.17) is 4.74 Å². The van der Waals surface area contributed by atoms with Crippen LogP contribution >= 0.6 is 0 Å². The summed E-state index contributed by atoms with van der Waals surface area (Å²) >= 11 is 0. The average molecular weight is 435 g/mol. The third kappa shape index (κ3) is 3.38. The maximum absolute atomic E-state index is 12.7.